The Balaban J connectivity index is 1.89. The number of benzene rings is 1. The molecule has 0 radical (unpaired) electrons. The van der Waals surface area contributed by atoms with E-state index in [2.05, 4.69) is 5.32 Å². The minimum Gasteiger partial charge on any atom is -0.312 e. The molecule has 1 aromatic carbocycles. The van der Waals surface area contributed by atoms with Crippen molar-refractivity contribution in [3.8, 4) is 0 Å². The summed E-state index contributed by atoms with van der Waals surface area (Å²) in [7, 11) is -2.86. The zero-order chi connectivity index (χ0) is 14.8. The largest absolute Gasteiger partial charge is 0.312 e. The molecule has 1 aromatic rings. The number of hydrogen-bond donors (Lipinski definition) is 1. The standard InChI is InChI=1S/C12H15ClN2O4S/c13-11-2-1-9(5-12(11)15(16)17)6-14-7-10-3-4-20(18,19)8-10/h1-2,5,10,14H,3-4,6-8H2. The van der Waals surface area contributed by atoms with Crippen molar-refractivity contribution in [1.29, 1.82) is 0 Å². The van der Waals surface area contributed by atoms with Gasteiger partial charge < -0.3 is 5.32 Å². The number of hydrogen-bond acceptors (Lipinski definition) is 5. The van der Waals surface area contributed by atoms with E-state index >= 15 is 0 Å². The lowest BCUT2D eigenvalue weighted by Crippen LogP contribution is -2.23. The van der Waals surface area contributed by atoms with Gasteiger partial charge in [-0.1, -0.05) is 17.7 Å². The van der Waals surface area contributed by atoms with E-state index in [4.69, 9.17) is 11.6 Å². The lowest BCUT2D eigenvalue weighted by molar-refractivity contribution is -0.384. The normalized spacial score (nSPS) is 20.9. The van der Waals surface area contributed by atoms with Crippen LogP contribution in [0.2, 0.25) is 5.02 Å². The van der Waals surface area contributed by atoms with Gasteiger partial charge in [0, 0.05) is 12.6 Å². The average Bonchev–Trinajstić information content (AvgIpc) is 2.71. The predicted octanol–water partition coefficient (Wildman–Crippen LogP) is 1.77. The van der Waals surface area contributed by atoms with Crippen molar-refractivity contribution in [3.05, 3.63) is 38.9 Å². The van der Waals surface area contributed by atoms with Crippen LogP contribution in [0.5, 0.6) is 0 Å². The molecular formula is C12H15ClN2O4S. The van der Waals surface area contributed by atoms with Gasteiger partial charge in [0.15, 0.2) is 9.84 Å². The fraction of sp³-hybridized carbons (Fsp3) is 0.500. The first kappa shape index (κ1) is 15.2. The summed E-state index contributed by atoms with van der Waals surface area (Å²) >= 11 is 5.73. The van der Waals surface area contributed by atoms with Gasteiger partial charge in [-0.3, -0.25) is 10.1 Å². The van der Waals surface area contributed by atoms with E-state index in [-0.39, 0.29) is 28.1 Å². The van der Waals surface area contributed by atoms with Crippen molar-refractivity contribution in [2.45, 2.75) is 13.0 Å². The molecule has 0 saturated carbocycles. The Kier molecular flexibility index (Phi) is 4.62. The van der Waals surface area contributed by atoms with Crippen LogP contribution in [0, 0.1) is 16.0 Å². The molecule has 0 aliphatic carbocycles. The van der Waals surface area contributed by atoms with Crippen LogP contribution >= 0.6 is 11.6 Å². The Morgan fingerprint density at radius 1 is 1.45 bits per heavy atom. The fourth-order valence-electron chi connectivity index (χ4n) is 2.26. The Hall–Kier alpha value is -1.18. The van der Waals surface area contributed by atoms with Gasteiger partial charge in [-0.2, -0.15) is 0 Å². The predicted molar refractivity (Wildman–Crippen MR) is 76.6 cm³/mol. The zero-order valence-corrected chi connectivity index (χ0v) is 12.3. The first-order valence-electron chi connectivity index (χ1n) is 6.21. The zero-order valence-electron chi connectivity index (χ0n) is 10.7. The van der Waals surface area contributed by atoms with Crippen LogP contribution in [0.15, 0.2) is 18.2 Å². The van der Waals surface area contributed by atoms with Gasteiger partial charge >= 0.3 is 0 Å². The maximum absolute atomic E-state index is 11.3. The monoisotopic (exact) mass is 318 g/mol. The van der Waals surface area contributed by atoms with E-state index in [0.717, 1.165) is 5.56 Å². The summed E-state index contributed by atoms with van der Waals surface area (Å²) in [6.07, 6.45) is 0.677. The van der Waals surface area contributed by atoms with Crippen LogP contribution in [0.25, 0.3) is 0 Å². The van der Waals surface area contributed by atoms with Gasteiger partial charge in [-0.05, 0) is 30.5 Å². The number of nitro groups is 1. The van der Waals surface area contributed by atoms with Crippen molar-refractivity contribution in [2.24, 2.45) is 5.92 Å². The Morgan fingerprint density at radius 2 is 2.20 bits per heavy atom. The van der Waals surface area contributed by atoms with E-state index in [0.29, 0.717) is 19.5 Å². The van der Waals surface area contributed by atoms with E-state index in [1.54, 1.807) is 6.07 Å². The van der Waals surface area contributed by atoms with Crippen molar-refractivity contribution >= 4 is 27.1 Å². The molecule has 1 aliphatic rings. The second kappa shape index (κ2) is 6.07. The molecule has 1 aliphatic heterocycles. The van der Waals surface area contributed by atoms with Gasteiger partial charge in [0.25, 0.3) is 5.69 Å². The summed E-state index contributed by atoms with van der Waals surface area (Å²) in [4.78, 5) is 10.2. The summed E-state index contributed by atoms with van der Waals surface area (Å²) < 4.78 is 22.6. The quantitative estimate of drug-likeness (QED) is 0.660. The second-order valence-corrected chi connectivity index (χ2v) is 7.58. The molecular weight excluding hydrogens is 304 g/mol. The molecule has 0 bridgehead atoms. The molecule has 1 atom stereocenters. The van der Waals surface area contributed by atoms with Crippen molar-refractivity contribution in [1.82, 2.24) is 5.32 Å². The minimum absolute atomic E-state index is 0.112. The summed E-state index contributed by atoms with van der Waals surface area (Å²) in [5, 5.41) is 14.0. The molecule has 0 aromatic heterocycles. The van der Waals surface area contributed by atoms with Gasteiger partial charge in [-0.15, -0.1) is 0 Å². The molecule has 1 N–H and O–H groups in total. The SMILES string of the molecule is O=[N+]([O-])c1cc(CNCC2CCS(=O)(=O)C2)ccc1Cl. The summed E-state index contributed by atoms with van der Waals surface area (Å²) in [6, 6.07) is 4.64. The van der Waals surface area contributed by atoms with E-state index < -0.39 is 14.8 Å². The average molecular weight is 319 g/mol. The third-order valence-electron chi connectivity index (χ3n) is 3.30. The molecule has 6 nitrogen and oxygen atoms in total. The summed E-state index contributed by atoms with van der Waals surface area (Å²) in [6.45, 7) is 1.05. The molecule has 1 unspecified atom stereocenters. The van der Waals surface area contributed by atoms with Crippen LogP contribution in [-0.4, -0.2) is 31.4 Å². The molecule has 1 heterocycles. The molecule has 8 heteroatoms. The first-order chi connectivity index (χ1) is 9.37. The number of nitrogens with one attached hydrogen (secondary N) is 1. The van der Waals surface area contributed by atoms with E-state index in [1.165, 1.54) is 12.1 Å². The number of rotatable bonds is 5. The highest BCUT2D eigenvalue weighted by Crippen LogP contribution is 2.25. The van der Waals surface area contributed by atoms with Crippen LogP contribution < -0.4 is 5.32 Å². The molecule has 0 amide bonds. The number of nitrogens with zero attached hydrogens (tertiary/aromatic N) is 1. The van der Waals surface area contributed by atoms with Crippen LogP contribution in [-0.2, 0) is 16.4 Å². The van der Waals surface area contributed by atoms with Crippen LogP contribution in [0.1, 0.15) is 12.0 Å². The number of halogens is 1. The summed E-state index contributed by atoms with van der Waals surface area (Å²) in [5.41, 5.74) is 0.636. The molecule has 1 saturated heterocycles. The topological polar surface area (TPSA) is 89.3 Å². The van der Waals surface area contributed by atoms with Gasteiger partial charge in [0.2, 0.25) is 0 Å². The van der Waals surface area contributed by atoms with Gasteiger partial charge in [-0.25, -0.2) is 8.42 Å². The maximum Gasteiger partial charge on any atom is 0.288 e. The number of nitro benzene ring substituents is 1. The fourth-order valence-corrected chi connectivity index (χ4v) is 4.31. The Morgan fingerprint density at radius 3 is 2.80 bits per heavy atom. The lowest BCUT2D eigenvalue weighted by Gasteiger charge is -2.09. The van der Waals surface area contributed by atoms with E-state index in [1.807, 2.05) is 0 Å². The van der Waals surface area contributed by atoms with Crippen molar-refractivity contribution in [3.63, 3.8) is 0 Å². The molecule has 1 fully saturated rings. The third kappa shape index (κ3) is 3.91. The Bertz CT molecular complexity index is 618. The molecule has 20 heavy (non-hydrogen) atoms. The first-order valence-corrected chi connectivity index (χ1v) is 8.41. The van der Waals surface area contributed by atoms with Gasteiger partial charge in [0.05, 0.1) is 16.4 Å². The Labute approximate surface area is 122 Å². The van der Waals surface area contributed by atoms with Crippen LogP contribution in [0.4, 0.5) is 5.69 Å². The highest BCUT2D eigenvalue weighted by Gasteiger charge is 2.27. The number of sulfone groups is 1. The summed E-state index contributed by atoms with van der Waals surface area (Å²) in [5.74, 6) is 0.606. The molecule has 2 rings (SSSR count). The molecule has 110 valence electrons. The highest BCUT2D eigenvalue weighted by molar-refractivity contribution is 7.91. The van der Waals surface area contributed by atoms with Gasteiger partial charge in [0.1, 0.15) is 5.02 Å². The van der Waals surface area contributed by atoms with E-state index in [9.17, 15) is 18.5 Å². The lowest BCUT2D eigenvalue weighted by atomic mass is 10.1. The minimum atomic E-state index is -2.86. The van der Waals surface area contributed by atoms with Crippen molar-refractivity contribution < 1.29 is 13.3 Å². The third-order valence-corrected chi connectivity index (χ3v) is 5.45. The van der Waals surface area contributed by atoms with Crippen LogP contribution in [0.3, 0.4) is 0 Å². The second-order valence-electron chi connectivity index (χ2n) is 4.94. The smallest absolute Gasteiger partial charge is 0.288 e. The maximum atomic E-state index is 11.3. The van der Waals surface area contributed by atoms with Crippen molar-refractivity contribution in [2.75, 3.05) is 18.1 Å². The highest BCUT2D eigenvalue weighted by atomic mass is 35.5. The molecule has 0 spiro atoms.